The highest BCUT2D eigenvalue weighted by atomic mass is 16.3. The zero-order chi connectivity index (χ0) is 12.1. The number of rotatable bonds is 5. The number of hydrogen-bond acceptors (Lipinski definition) is 3. The molecule has 0 fully saturated rings. The smallest absolute Gasteiger partial charge is 0.0558 e. The average molecular weight is 222 g/mol. The molecule has 1 aromatic carbocycles. The summed E-state index contributed by atoms with van der Waals surface area (Å²) in [7, 11) is 0. The number of benzene rings is 1. The number of hydrogen-bond donors (Lipinski definition) is 2. The summed E-state index contributed by atoms with van der Waals surface area (Å²) in [6, 6.07) is 8.62. The summed E-state index contributed by atoms with van der Waals surface area (Å²) >= 11 is 0. The molecule has 1 aromatic rings. The van der Waals surface area contributed by atoms with E-state index in [4.69, 9.17) is 10.8 Å². The number of aliphatic hydroxyl groups is 1. The minimum Gasteiger partial charge on any atom is -0.399 e. The third-order valence-electron chi connectivity index (χ3n) is 2.91. The van der Waals surface area contributed by atoms with E-state index in [0.29, 0.717) is 12.6 Å². The van der Waals surface area contributed by atoms with E-state index in [1.807, 2.05) is 18.2 Å². The normalized spacial score (nSPS) is 13.4. The molecular formula is C13H22N2O. The van der Waals surface area contributed by atoms with Gasteiger partial charge in [-0.05, 0) is 38.5 Å². The Kier molecular flexibility index (Phi) is 4.77. The Bertz CT molecular complexity index is 325. The van der Waals surface area contributed by atoms with Crippen LogP contribution in [0.2, 0.25) is 0 Å². The summed E-state index contributed by atoms with van der Waals surface area (Å²) in [5.41, 5.74) is 7.76. The maximum absolute atomic E-state index is 9.07. The second-order valence-corrected chi connectivity index (χ2v) is 4.40. The molecule has 0 aliphatic carbocycles. The van der Waals surface area contributed by atoms with Crippen LogP contribution in [0.25, 0.3) is 0 Å². The fourth-order valence-electron chi connectivity index (χ4n) is 2.02. The van der Waals surface area contributed by atoms with Crippen molar-refractivity contribution in [2.24, 2.45) is 0 Å². The van der Waals surface area contributed by atoms with Gasteiger partial charge in [0.1, 0.15) is 0 Å². The van der Waals surface area contributed by atoms with Gasteiger partial charge in [-0.25, -0.2) is 0 Å². The molecule has 0 saturated carbocycles. The summed E-state index contributed by atoms with van der Waals surface area (Å²) in [6.07, 6.45) is 0. The predicted molar refractivity (Wildman–Crippen MR) is 68.2 cm³/mol. The number of nitrogen functional groups attached to an aromatic ring is 1. The summed E-state index contributed by atoms with van der Waals surface area (Å²) < 4.78 is 0. The molecule has 0 saturated heterocycles. The Labute approximate surface area is 97.9 Å². The maximum Gasteiger partial charge on any atom is 0.0558 e. The highest BCUT2D eigenvalue weighted by molar-refractivity contribution is 5.41. The van der Waals surface area contributed by atoms with Gasteiger partial charge in [-0.1, -0.05) is 12.1 Å². The lowest BCUT2D eigenvalue weighted by Gasteiger charge is -2.32. The third-order valence-corrected chi connectivity index (χ3v) is 2.91. The van der Waals surface area contributed by atoms with Crippen LogP contribution in [0.4, 0.5) is 5.69 Å². The fraction of sp³-hybridized carbons (Fsp3) is 0.538. The first-order chi connectivity index (χ1) is 7.56. The van der Waals surface area contributed by atoms with Crippen molar-refractivity contribution >= 4 is 5.69 Å². The second-order valence-electron chi connectivity index (χ2n) is 4.40. The minimum absolute atomic E-state index is 0.185. The summed E-state index contributed by atoms with van der Waals surface area (Å²) in [5, 5.41) is 9.07. The first-order valence-electron chi connectivity index (χ1n) is 5.78. The fourth-order valence-corrected chi connectivity index (χ4v) is 2.02. The lowest BCUT2D eigenvalue weighted by atomic mass is 10.0. The van der Waals surface area contributed by atoms with Gasteiger partial charge in [0.25, 0.3) is 0 Å². The number of aliphatic hydroxyl groups excluding tert-OH is 1. The lowest BCUT2D eigenvalue weighted by Crippen LogP contribution is -2.35. The highest BCUT2D eigenvalue weighted by Crippen LogP contribution is 2.23. The summed E-state index contributed by atoms with van der Waals surface area (Å²) in [4.78, 5) is 2.26. The van der Waals surface area contributed by atoms with Crippen LogP contribution in [-0.2, 0) is 0 Å². The molecule has 1 atom stereocenters. The van der Waals surface area contributed by atoms with Crippen molar-refractivity contribution in [1.29, 1.82) is 0 Å². The molecular weight excluding hydrogens is 200 g/mol. The highest BCUT2D eigenvalue weighted by Gasteiger charge is 2.17. The van der Waals surface area contributed by atoms with Crippen molar-refractivity contribution in [3.8, 4) is 0 Å². The summed E-state index contributed by atoms with van der Waals surface area (Å²) in [6.45, 7) is 7.29. The van der Waals surface area contributed by atoms with Crippen molar-refractivity contribution < 1.29 is 5.11 Å². The van der Waals surface area contributed by atoms with E-state index in [0.717, 1.165) is 5.69 Å². The van der Waals surface area contributed by atoms with E-state index in [1.165, 1.54) is 5.56 Å². The van der Waals surface area contributed by atoms with Gasteiger partial charge >= 0.3 is 0 Å². The molecule has 3 heteroatoms. The van der Waals surface area contributed by atoms with Gasteiger partial charge < -0.3 is 10.8 Å². The zero-order valence-electron chi connectivity index (χ0n) is 10.4. The molecule has 90 valence electrons. The molecule has 1 unspecified atom stereocenters. The molecule has 1 rings (SSSR count). The van der Waals surface area contributed by atoms with E-state index in [1.54, 1.807) is 0 Å². The van der Waals surface area contributed by atoms with Gasteiger partial charge in [0, 0.05) is 24.3 Å². The van der Waals surface area contributed by atoms with Crippen molar-refractivity contribution in [1.82, 2.24) is 4.90 Å². The molecule has 0 heterocycles. The Hall–Kier alpha value is -1.06. The zero-order valence-corrected chi connectivity index (χ0v) is 10.4. The first-order valence-corrected chi connectivity index (χ1v) is 5.78. The predicted octanol–water partition coefficient (Wildman–Crippen LogP) is 2.03. The third kappa shape index (κ3) is 3.22. The van der Waals surface area contributed by atoms with Crippen LogP contribution in [-0.4, -0.2) is 29.2 Å². The number of nitrogens with zero attached hydrogens (tertiary/aromatic N) is 1. The van der Waals surface area contributed by atoms with Crippen LogP contribution in [0, 0.1) is 0 Å². The molecule has 3 N–H and O–H groups in total. The van der Waals surface area contributed by atoms with Crippen molar-refractivity contribution in [2.75, 3.05) is 18.9 Å². The van der Waals surface area contributed by atoms with E-state index in [2.05, 4.69) is 31.7 Å². The van der Waals surface area contributed by atoms with E-state index >= 15 is 0 Å². The van der Waals surface area contributed by atoms with Gasteiger partial charge in [0.2, 0.25) is 0 Å². The maximum atomic E-state index is 9.07. The van der Waals surface area contributed by atoms with Crippen molar-refractivity contribution in [3.05, 3.63) is 29.8 Å². The van der Waals surface area contributed by atoms with Crippen LogP contribution in [0.1, 0.15) is 32.4 Å². The SMILES string of the molecule is CC(C)N(CCO)C(C)c1cccc(N)c1. The van der Waals surface area contributed by atoms with Crippen LogP contribution >= 0.6 is 0 Å². The van der Waals surface area contributed by atoms with Crippen molar-refractivity contribution in [2.45, 2.75) is 32.9 Å². The molecule has 0 bridgehead atoms. The minimum atomic E-state index is 0.185. The van der Waals surface area contributed by atoms with Gasteiger partial charge in [-0.15, -0.1) is 0 Å². The Morgan fingerprint density at radius 3 is 2.50 bits per heavy atom. The standard InChI is InChI=1S/C13H22N2O/c1-10(2)15(7-8-16)11(3)12-5-4-6-13(14)9-12/h4-6,9-11,16H,7-8,14H2,1-3H3. The summed E-state index contributed by atoms with van der Waals surface area (Å²) in [5.74, 6) is 0. The molecule has 0 aliphatic rings. The monoisotopic (exact) mass is 222 g/mol. The molecule has 3 nitrogen and oxygen atoms in total. The largest absolute Gasteiger partial charge is 0.399 e. The van der Waals surface area contributed by atoms with Crippen LogP contribution in [0.3, 0.4) is 0 Å². The molecule has 0 amide bonds. The topological polar surface area (TPSA) is 49.5 Å². The molecule has 0 aliphatic heterocycles. The van der Waals surface area contributed by atoms with Crippen molar-refractivity contribution in [3.63, 3.8) is 0 Å². The van der Waals surface area contributed by atoms with Crippen LogP contribution in [0.5, 0.6) is 0 Å². The van der Waals surface area contributed by atoms with Crippen LogP contribution < -0.4 is 5.73 Å². The first kappa shape index (κ1) is 13.0. The van der Waals surface area contributed by atoms with Crippen LogP contribution in [0.15, 0.2) is 24.3 Å². The molecule has 16 heavy (non-hydrogen) atoms. The van der Waals surface area contributed by atoms with Gasteiger partial charge in [-0.3, -0.25) is 4.90 Å². The van der Waals surface area contributed by atoms with Gasteiger partial charge in [0.05, 0.1) is 6.61 Å². The quantitative estimate of drug-likeness (QED) is 0.749. The number of anilines is 1. The molecule has 0 spiro atoms. The lowest BCUT2D eigenvalue weighted by molar-refractivity contribution is 0.126. The van der Waals surface area contributed by atoms with Gasteiger partial charge in [0.15, 0.2) is 0 Å². The second kappa shape index (κ2) is 5.87. The average Bonchev–Trinajstić information content (AvgIpc) is 2.24. The Morgan fingerprint density at radius 1 is 1.31 bits per heavy atom. The van der Waals surface area contributed by atoms with Gasteiger partial charge in [-0.2, -0.15) is 0 Å². The molecule has 0 radical (unpaired) electrons. The van der Waals surface area contributed by atoms with E-state index < -0.39 is 0 Å². The Balaban J connectivity index is 2.85. The number of nitrogens with two attached hydrogens (primary N) is 1. The van der Waals surface area contributed by atoms with E-state index in [-0.39, 0.29) is 12.6 Å². The molecule has 0 aromatic heterocycles. The van der Waals surface area contributed by atoms with E-state index in [9.17, 15) is 0 Å². The Morgan fingerprint density at radius 2 is 2.00 bits per heavy atom.